The molecule has 2 rings (SSSR count). The Morgan fingerprint density at radius 1 is 1.30 bits per heavy atom. The summed E-state index contributed by atoms with van der Waals surface area (Å²) in [7, 11) is 0. The lowest BCUT2D eigenvalue weighted by Crippen LogP contribution is -1.96. The zero-order chi connectivity index (χ0) is 16.8. The fourth-order valence-corrected chi connectivity index (χ4v) is 3.20. The maximum Gasteiger partial charge on any atom is 0.117 e. The Morgan fingerprint density at radius 3 is 2.74 bits per heavy atom. The van der Waals surface area contributed by atoms with Gasteiger partial charge in [-0.15, -0.1) is 17.1 Å². The highest BCUT2D eigenvalue weighted by Crippen LogP contribution is 2.29. The van der Waals surface area contributed by atoms with Crippen molar-refractivity contribution in [3.05, 3.63) is 68.6 Å². The molecule has 0 saturated carbocycles. The summed E-state index contributed by atoms with van der Waals surface area (Å²) in [6, 6.07) is 8.32. The molecule has 3 N–H and O–H groups in total. The van der Waals surface area contributed by atoms with E-state index in [4.69, 9.17) is 11.6 Å². The predicted molar refractivity (Wildman–Crippen MR) is 93.9 cm³/mol. The molecule has 3 nitrogen and oxygen atoms in total. The second-order valence-electron chi connectivity index (χ2n) is 5.32. The summed E-state index contributed by atoms with van der Waals surface area (Å²) in [5.41, 5.74) is 4.57. The number of aliphatic hydroxyl groups is 2. The Balaban J connectivity index is 1.96. The lowest BCUT2D eigenvalue weighted by atomic mass is 10.1. The number of aromatic hydroxyl groups is 1. The van der Waals surface area contributed by atoms with Crippen LogP contribution in [0.4, 0.5) is 0 Å². The summed E-state index contributed by atoms with van der Waals surface area (Å²) in [5, 5.41) is 31.8. The van der Waals surface area contributed by atoms with Gasteiger partial charge >= 0.3 is 0 Å². The van der Waals surface area contributed by atoms with Crippen LogP contribution in [0.2, 0.25) is 5.02 Å². The van der Waals surface area contributed by atoms with Gasteiger partial charge in [-0.3, -0.25) is 0 Å². The van der Waals surface area contributed by atoms with Crippen molar-refractivity contribution in [1.29, 1.82) is 0 Å². The van der Waals surface area contributed by atoms with Crippen LogP contribution in [0.5, 0.6) is 5.75 Å². The first-order valence-corrected chi connectivity index (χ1v) is 8.51. The van der Waals surface area contributed by atoms with Crippen molar-refractivity contribution in [2.45, 2.75) is 32.0 Å². The van der Waals surface area contributed by atoms with Gasteiger partial charge in [-0.25, -0.2) is 0 Å². The minimum Gasteiger partial charge on any atom is -0.508 e. The van der Waals surface area contributed by atoms with E-state index in [2.05, 4.69) is 5.73 Å². The summed E-state index contributed by atoms with van der Waals surface area (Å²) in [5.74, 6) is 0.0693. The van der Waals surface area contributed by atoms with Crippen LogP contribution in [0.3, 0.4) is 0 Å². The van der Waals surface area contributed by atoms with Crippen molar-refractivity contribution in [2.75, 3.05) is 0 Å². The highest BCUT2D eigenvalue weighted by Gasteiger charge is 2.11. The Labute approximate surface area is 144 Å². The molecule has 1 aromatic carbocycles. The van der Waals surface area contributed by atoms with E-state index in [-0.39, 0.29) is 5.75 Å². The van der Waals surface area contributed by atoms with Gasteiger partial charge in [0.2, 0.25) is 0 Å². The fraction of sp³-hybridized carbons (Fsp3) is 0.278. The number of hydrogen-bond donors (Lipinski definition) is 3. The smallest absolute Gasteiger partial charge is 0.117 e. The molecule has 1 heterocycles. The molecule has 23 heavy (non-hydrogen) atoms. The van der Waals surface area contributed by atoms with E-state index >= 15 is 0 Å². The van der Waals surface area contributed by atoms with Crippen molar-refractivity contribution in [1.82, 2.24) is 0 Å². The molecule has 0 spiro atoms. The topological polar surface area (TPSA) is 60.7 Å². The van der Waals surface area contributed by atoms with Gasteiger partial charge in [0.15, 0.2) is 0 Å². The zero-order valence-corrected chi connectivity index (χ0v) is 14.3. The molecule has 2 atom stereocenters. The SMILES string of the molecule is CC(=C=CC[C@@H](O)c1ccc(O)cc1Cl)C[C@@H](O)c1cccs1. The van der Waals surface area contributed by atoms with E-state index in [0.717, 1.165) is 10.5 Å². The molecular formula is C18H19ClO3S. The Bertz CT molecular complexity index is 703. The molecule has 0 bridgehead atoms. The molecule has 1 aromatic heterocycles. The van der Waals surface area contributed by atoms with Crippen LogP contribution >= 0.6 is 22.9 Å². The molecule has 0 saturated heterocycles. The first kappa shape index (κ1) is 17.8. The maximum absolute atomic E-state index is 10.1. The van der Waals surface area contributed by atoms with Gasteiger partial charge in [-0.2, -0.15) is 0 Å². The van der Waals surface area contributed by atoms with Crippen LogP contribution in [-0.2, 0) is 0 Å². The molecule has 0 aliphatic heterocycles. The van der Waals surface area contributed by atoms with E-state index in [0.29, 0.717) is 23.4 Å². The number of hydrogen-bond acceptors (Lipinski definition) is 4. The number of halogens is 1. The van der Waals surface area contributed by atoms with Crippen molar-refractivity contribution in [3.8, 4) is 5.75 Å². The number of aliphatic hydroxyl groups excluding tert-OH is 2. The van der Waals surface area contributed by atoms with Gasteiger partial charge in [0.05, 0.1) is 17.2 Å². The summed E-state index contributed by atoms with van der Waals surface area (Å²) < 4.78 is 0. The molecule has 0 aliphatic rings. The normalized spacial score (nSPS) is 13.2. The molecule has 0 aliphatic carbocycles. The third kappa shape index (κ3) is 5.24. The van der Waals surface area contributed by atoms with E-state index in [1.54, 1.807) is 12.1 Å². The number of rotatable bonds is 6. The predicted octanol–water partition coefficient (Wildman–Crippen LogP) is 4.76. The summed E-state index contributed by atoms with van der Waals surface area (Å²) in [4.78, 5) is 0.932. The van der Waals surface area contributed by atoms with Gasteiger partial charge in [-0.1, -0.05) is 23.7 Å². The third-order valence-corrected chi connectivity index (χ3v) is 4.70. The van der Waals surface area contributed by atoms with Crippen molar-refractivity contribution in [2.24, 2.45) is 0 Å². The summed E-state index contributed by atoms with van der Waals surface area (Å²) in [6.45, 7) is 1.90. The Hall–Kier alpha value is -1.55. The lowest BCUT2D eigenvalue weighted by molar-refractivity contribution is 0.181. The molecule has 5 heteroatoms. The number of phenols is 1. The number of benzene rings is 1. The van der Waals surface area contributed by atoms with Gasteiger partial charge in [0.1, 0.15) is 5.75 Å². The average Bonchev–Trinajstić information content (AvgIpc) is 3.01. The van der Waals surface area contributed by atoms with Gasteiger partial charge in [0, 0.05) is 17.7 Å². The number of thiophene rings is 1. The van der Waals surface area contributed by atoms with Crippen molar-refractivity contribution < 1.29 is 15.3 Å². The summed E-state index contributed by atoms with van der Waals surface area (Å²) >= 11 is 7.53. The van der Waals surface area contributed by atoms with Crippen molar-refractivity contribution in [3.63, 3.8) is 0 Å². The highest BCUT2D eigenvalue weighted by molar-refractivity contribution is 7.10. The lowest BCUT2D eigenvalue weighted by Gasteiger charge is -2.10. The summed E-state index contributed by atoms with van der Waals surface area (Å²) in [6.07, 6.45) is 1.33. The molecule has 0 amide bonds. The Morgan fingerprint density at radius 2 is 2.09 bits per heavy atom. The quantitative estimate of drug-likeness (QED) is 0.658. The molecule has 2 aromatic rings. The van der Waals surface area contributed by atoms with E-state index < -0.39 is 12.2 Å². The number of phenolic OH excluding ortho intramolecular Hbond substituents is 1. The van der Waals surface area contributed by atoms with E-state index in [9.17, 15) is 15.3 Å². The Kier molecular flexibility index (Phi) is 6.46. The first-order valence-electron chi connectivity index (χ1n) is 7.26. The van der Waals surface area contributed by atoms with Crippen LogP contribution in [0.25, 0.3) is 0 Å². The standard InChI is InChI=1S/C18H19ClO3S/c1-12(10-17(22)18-6-3-9-23-18)4-2-5-16(21)14-8-7-13(20)11-15(14)19/h2-3,6-9,11,16-17,20-22H,5,10H2,1H3/t4?,16-,17-/m1/s1. The molecule has 0 fully saturated rings. The van der Waals surface area contributed by atoms with E-state index in [1.165, 1.54) is 23.5 Å². The fourth-order valence-electron chi connectivity index (χ4n) is 2.19. The second kappa shape index (κ2) is 8.34. The molecular weight excluding hydrogens is 332 g/mol. The van der Waals surface area contributed by atoms with Gasteiger partial charge < -0.3 is 15.3 Å². The van der Waals surface area contributed by atoms with Crippen LogP contribution in [0.15, 0.2) is 53.1 Å². The molecule has 0 radical (unpaired) electrons. The third-order valence-electron chi connectivity index (χ3n) is 3.40. The van der Waals surface area contributed by atoms with Gasteiger partial charge in [-0.05, 0) is 47.7 Å². The van der Waals surface area contributed by atoms with Crippen LogP contribution in [0.1, 0.15) is 42.4 Å². The largest absolute Gasteiger partial charge is 0.508 e. The van der Waals surface area contributed by atoms with Crippen molar-refractivity contribution >= 4 is 22.9 Å². The second-order valence-corrected chi connectivity index (χ2v) is 6.71. The minimum atomic E-state index is -0.759. The van der Waals surface area contributed by atoms with Crippen LogP contribution in [0, 0.1) is 0 Å². The monoisotopic (exact) mass is 350 g/mol. The highest BCUT2D eigenvalue weighted by atomic mass is 35.5. The van der Waals surface area contributed by atoms with E-state index in [1.807, 2.05) is 24.4 Å². The maximum atomic E-state index is 10.1. The van der Waals surface area contributed by atoms with Gasteiger partial charge in [0.25, 0.3) is 0 Å². The van der Waals surface area contributed by atoms with Crippen LogP contribution < -0.4 is 0 Å². The van der Waals surface area contributed by atoms with Crippen LogP contribution in [-0.4, -0.2) is 15.3 Å². The average molecular weight is 351 g/mol. The minimum absolute atomic E-state index is 0.0693. The zero-order valence-electron chi connectivity index (χ0n) is 12.7. The molecule has 122 valence electrons. The first-order chi connectivity index (χ1) is 11.0. The molecule has 0 unspecified atom stereocenters.